The molecule has 272 valence electrons. The molecule has 0 saturated heterocycles. The number of nitriles is 1. The van der Waals surface area contributed by atoms with Crippen molar-refractivity contribution in [2.24, 2.45) is 0 Å². The number of fused-ring (bicyclic) bond motifs is 2. The van der Waals surface area contributed by atoms with Crippen molar-refractivity contribution in [3.8, 4) is 97.0 Å². The highest BCUT2D eigenvalue weighted by Gasteiger charge is 2.25. The molecule has 9 heteroatoms. The van der Waals surface area contributed by atoms with Crippen LogP contribution in [0.5, 0.6) is 11.5 Å². The second-order valence-corrected chi connectivity index (χ2v) is 14.5. The Morgan fingerprint density at radius 3 is 1.41 bits per heavy atom. The van der Waals surface area contributed by atoms with Crippen LogP contribution in [0.15, 0.2) is 186 Å². The minimum absolute atomic E-state index is 0.475. The summed E-state index contributed by atoms with van der Waals surface area (Å²) < 4.78 is 6.45. The average molecular weight is 764 g/mol. The third-order valence-electron chi connectivity index (χ3n) is 9.71. The SMILES string of the molecule is N#Cc1ccc(-c2nc(-c3ccccc3)nc(-c3ccc(-c4cccc5c4Sc4ccccc4O5)c(-c4nc(-c5ccccc5)nc(-c5ccccc5)n4)c3)n2)cc1. The molecular weight excluding hydrogens is 735 g/mol. The monoisotopic (exact) mass is 763 g/mol. The summed E-state index contributed by atoms with van der Waals surface area (Å²) in [5.74, 6) is 4.69. The van der Waals surface area contributed by atoms with Crippen LogP contribution in [-0.2, 0) is 0 Å². The van der Waals surface area contributed by atoms with Crippen LogP contribution >= 0.6 is 11.8 Å². The summed E-state index contributed by atoms with van der Waals surface area (Å²) in [7, 11) is 0. The van der Waals surface area contributed by atoms with E-state index >= 15 is 0 Å². The number of nitrogens with zero attached hydrogens (tertiary/aromatic N) is 7. The van der Waals surface area contributed by atoms with E-state index in [4.69, 9.17) is 34.6 Å². The lowest BCUT2D eigenvalue weighted by atomic mass is 9.96. The van der Waals surface area contributed by atoms with Gasteiger partial charge in [-0.2, -0.15) is 5.26 Å². The molecule has 0 atom stereocenters. The molecule has 0 radical (unpaired) electrons. The Morgan fingerprint density at radius 1 is 0.379 bits per heavy atom. The third kappa shape index (κ3) is 6.74. The Morgan fingerprint density at radius 2 is 0.845 bits per heavy atom. The van der Waals surface area contributed by atoms with E-state index in [1.165, 1.54) is 0 Å². The molecule has 0 saturated carbocycles. The largest absolute Gasteiger partial charge is 0.455 e. The average Bonchev–Trinajstić information content (AvgIpc) is 3.31. The zero-order valence-corrected chi connectivity index (χ0v) is 31.5. The molecule has 9 aromatic rings. The highest BCUT2D eigenvalue weighted by atomic mass is 32.2. The van der Waals surface area contributed by atoms with E-state index in [1.807, 2.05) is 140 Å². The van der Waals surface area contributed by atoms with Gasteiger partial charge in [0.2, 0.25) is 0 Å². The zero-order valence-electron chi connectivity index (χ0n) is 30.7. The predicted molar refractivity (Wildman–Crippen MR) is 227 cm³/mol. The first-order valence-electron chi connectivity index (χ1n) is 18.6. The molecule has 0 aliphatic carbocycles. The molecule has 0 fully saturated rings. The van der Waals surface area contributed by atoms with Crippen LogP contribution in [0.25, 0.3) is 79.5 Å². The van der Waals surface area contributed by atoms with E-state index < -0.39 is 0 Å². The quantitative estimate of drug-likeness (QED) is 0.157. The van der Waals surface area contributed by atoms with Crippen LogP contribution in [0.1, 0.15) is 5.56 Å². The molecule has 1 aliphatic rings. The maximum Gasteiger partial charge on any atom is 0.164 e. The minimum atomic E-state index is 0.475. The van der Waals surface area contributed by atoms with Gasteiger partial charge in [0, 0.05) is 38.9 Å². The van der Waals surface area contributed by atoms with Crippen molar-refractivity contribution in [1.29, 1.82) is 5.26 Å². The number of rotatable bonds is 7. The second kappa shape index (κ2) is 15.0. The summed E-state index contributed by atoms with van der Waals surface area (Å²) in [6.07, 6.45) is 0. The highest BCUT2D eigenvalue weighted by Crippen LogP contribution is 2.52. The van der Waals surface area contributed by atoms with Crippen LogP contribution in [0.3, 0.4) is 0 Å². The molecule has 1 aliphatic heterocycles. The van der Waals surface area contributed by atoms with Gasteiger partial charge in [0.05, 0.1) is 21.4 Å². The maximum absolute atomic E-state index is 9.47. The number of ether oxygens (including phenoxy) is 1. The van der Waals surface area contributed by atoms with Gasteiger partial charge < -0.3 is 4.74 Å². The normalized spacial score (nSPS) is 11.5. The first kappa shape index (κ1) is 34.7. The maximum atomic E-state index is 9.47. The van der Waals surface area contributed by atoms with Crippen molar-refractivity contribution in [1.82, 2.24) is 29.9 Å². The Balaban J connectivity index is 1.21. The van der Waals surface area contributed by atoms with Gasteiger partial charge >= 0.3 is 0 Å². The van der Waals surface area contributed by atoms with E-state index in [0.29, 0.717) is 40.5 Å². The third-order valence-corrected chi connectivity index (χ3v) is 10.9. The Labute approximate surface area is 338 Å². The Hall–Kier alpha value is -7.80. The molecule has 58 heavy (non-hydrogen) atoms. The van der Waals surface area contributed by atoms with Crippen molar-refractivity contribution in [3.05, 3.63) is 181 Å². The highest BCUT2D eigenvalue weighted by molar-refractivity contribution is 7.99. The summed E-state index contributed by atoms with van der Waals surface area (Å²) in [5.41, 5.74) is 7.31. The van der Waals surface area contributed by atoms with Crippen LogP contribution in [0.2, 0.25) is 0 Å². The van der Waals surface area contributed by atoms with Gasteiger partial charge in [-0.1, -0.05) is 139 Å². The van der Waals surface area contributed by atoms with E-state index in [9.17, 15) is 5.26 Å². The van der Waals surface area contributed by atoms with Crippen LogP contribution in [0.4, 0.5) is 0 Å². The molecule has 0 spiro atoms. The summed E-state index contributed by atoms with van der Waals surface area (Å²) in [4.78, 5) is 32.3. The van der Waals surface area contributed by atoms with Crippen molar-refractivity contribution in [3.63, 3.8) is 0 Å². The number of hydrogen-bond donors (Lipinski definition) is 0. The second-order valence-electron chi connectivity index (χ2n) is 13.4. The smallest absolute Gasteiger partial charge is 0.164 e. The molecule has 0 amide bonds. The number of aromatic nitrogens is 6. The fourth-order valence-electron chi connectivity index (χ4n) is 6.84. The van der Waals surface area contributed by atoms with Gasteiger partial charge in [-0.15, -0.1) is 0 Å². The summed E-state index contributed by atoms with van der Waals surface area (Å²) in [6.45, 7) is 0. The zero-order chi connectivity index (χ0) is 38.8. The molecule has 2 aromatic heterocycles. The van der Waals surface area contributed by atoms with Crippen LogP contribution < -0.4 is 4.74 Å². The Bertz CT molecular complexity index is 2950. The minimum Gasteiger partial charge on any atom is -0.455 e. The van der Waals surface area contributed by atoms with Crippen LogP contribution in [-0.4, -0.2) is 29.9 Å². The van der Waals surface area contributed by atoms with Crippen molar-refractivity contribution < 1.29 is 4.74 Å². The van der Waals surface area contributed by atoms with Gasteiger partial charge in [-0.05, 0) is 54.1 Å². The number of para-hydroxylation sites is 1. The molecule has 8 nitrogen and oxygen atoms in total. The van der Waals surface area contributed by atoms with E-state index in [0.717, 1.165) is 65.8 Å². The lowest BCUT2D eigenvalue weighted by molar-refractivity contribution is 0.455. The molecule has 3 heterocycles. The van der Waals surface area contributed by atoms with E-state index in [-0.39, 0.29) is 0 Å². The molecule has 10 rings (SSSR count). The van der Waals surface area contributed by atoms with Gasteiger partial charge in [0.15, 0.2) is 34.9 Å². The predicted octanol–water partition coefficient (Wildman–Crippen LogP) is 11.9. The topological polar surface area (TPSA) is 110 Å². The van der Waals surface area contributed by atoms with Gasteiger partial charge in [0.1, 0.15) is 11.5 Å². The van der Waals surface area contributed by atoms with Crippen molar-refractivity contribution >= 4 is 11.8 Å². The fourth-order valence-corrected chi connectivity index (χ4v) is 7.91. The molecule has 0 bridgehead atoms. The summed E-state index contributed by atoms with van der Waals surface area (Å²) in [5, 5.41) is 9.47. The summed E-state index contributed by atoms with van der Waals surface area (Å²) >= 11 is 1.68. The standard InChI is InChI=1S/C49H29N7OS/c50-30-31-23-25-35(26-24-31)47-51-44(32-13-4-1-5-14-32)53-48(54-47)36-27-28-37(38-19-12-21-41-43(38)58-42-22-11-10-20-40(42)57-41)39(29-36)49-55-45(33-15-6-2-7-16-33)52-46(56-49)34-17-8-3-9-18-34/h1-29H. The van der Waals surface area contributed by atoms with Gasteiger partial charge in [-0.25, -0.2) is 29.9 Å². The number of hydrogen-bond acceptors (Lipinski definition) is 9. The first-order chi connectivity index (χ1) is 28.7. The molecular formula is C49H29N7OS. The molecule has 0 unspecified atom stereocenters. The fraction of sp³-hybridized carbons (Fsp3) is 0. The first-order valence-corrected chi connectivity index (χ1v) is 19.4. The lowest BCUT2D eigenvalue weighted by Gasteiger charge is -2.23. The van der Waals surface area contributed by atoms with Gasteiger partial charge in [-0.3, -0.25) is 0 Å². The molecule has 0 N–H and O–H groups in total. The van der Waals surface area contributed by atoms with Crippen molar-refractivity contribution in [2.45, 2.75) is 9.79 Å². The number of benzene rings is 7. The van der Waals surface area contributed by atoms with Crippen LogP contribution in [0, 0.1) is 11.3 Å². The van der Waals surface area contributed by atoms with Crippen molar-refractivity contribution in [2.75, 3.05) is 0 Å². The van der Waals surface area contributed by atoms with E-state index in [2.05, 4.69) is 30.3 Å². The van der Waals surface area contributed by atoms with E-state index in [1.54, 1.807) is 23.9 Å². The van der Waals surface area contributed by atoms with Gasteiger partial charge in [0.25, 0.3) is 0 Å². The summed E-state index contributed by atoms with van der Waals surface area (Å²) in [6, 6.07) is 59.6. The Kier molecular flexibility index (Phi) is 8.99. The molecule has 7 aromatic carbocycles. The lowest BCUT2D eigenvalue weighted by Crippen LogP contribution is -2.03.